The van der Waals surface area contributed by atoms with E-state index in [0.29, 0.717) is 5.04 Å². The molecule has 80 valence electrons. The first-order valence-electron chi connectivity index (χ1n) is 4.26. The molecule has 0 amide bonds. The van der Waals surface area contributed by atoms with Gasteiger partial charge < -0.3 is 5.21 Å². The number of benzene rings is 1. The lowest BCUT2D eigenvalue weighted by Crippen LogP contribution is -2.04. The lowest BCUT2D eigenvalue weighted by molar-refractivity contribution is 0.322. The second-order valence-electron chi connectivity index (χ2n) is 2.57. The average molecular weight is 240 g/mol. The Bertz CT molecular complexity index is 363. The zero-order chi connectivity index (χ0) is 11.1. The van der Waals surface area contributed by atoms with Gasteiger partial charge in [0.25, 0.3) is 0 Å². The number of rotatable bonds is 1. The first-order valence-corrected chi connectivity index (χ1v) is 6.71. The predicted octanol–water partition coefficient (Wildman–Crippen LogP) is 3.23. The quantitative estimate of drug-likeness (QED) is 0.355. The normalized spacial score (nSPS) is 12.9. The summed E-state index contributed by atoms with van der Waals surface area (Å²) in [5.41, 5.74) is 0.858. The topological polar surface area (TPSA) is 45.0 Å². The molecule has 0 radical (unpaired) electrons. The zero-order valence-electron chi connectivity index (χ0n) is 8.54. The maximum atomic E-state index is 8.78. The largest absolute Gasteiger partial charge is 0.410 e. The molecule has 0 unspecified atom stereocenters. The molecule has 0 aromatic heterocycles. The van der Waals surface area contributed by atoms with Gasteiger partial charge in [-0.1, -0.05) is 23.4 Å². The second-order valence-corrected chi connectivity index (χ2v) is 4.16. The van der Waals surface area contributed by atoms with Crippen molar-refractivity contribution in [3.63, 3.8) is 0 Å². The average Bonchev–Trinajstić information content (AvgIpc) is 2.30. The van der Waals surface area contributed by atoms with Crippen molar-refractivity contribution in [2.45, 2.75) is 0 Å². The summed E-state index contributed by atoms with van der Waals surface area (Å²) in [6.07, 6.45) is 3.76. The van der Waals surface area contributed by atoms with Crippen LogP contribution in [0.1, 0.15) is 0 Å². The fourth-order valence-electron chi connectivity index (χ4n) is 0.971. The predicted molar refractivity (Wildman–Crippen MR) is 69.8 cm³/mol. The van der Waals surface area contributed by atoms with Crippen LogP contribution >= 0.6 is 23.5 Å². The number of oxime groups is 1. The van der Waals surface area contributed by atoms with Crippen LogP contribution in [0.15, 0.2) is 40.5 Å². The minimum absolute atomic E-state index is 0.534. The molecule has 1 aromatic carbocycles. The maximum Gasteiger partial charge on any atom is 0.167 e. The fourth-order valence-corrected chi connectivity index (χ4v) is 2.19. The molecule has 1 N–H and O–H groups in total. The minimum atomic E-state index is 0.534. The van der Waals surface area contributed by atoms with Crippen LogP contribution in [0.5, 0.6) is 0 Å². The van der Waals surface area contributed by atoms with Crippen molar-refractivity contribution < 1.29 is 5.21 Å². The summed E-state index contributed by atoms with van der Waals surface area (Å²) in [6.45, 7) is 0. The van der Waals surface area contributed by atoms with Crippen LogP contribution in [0.25, 0.3) is 0 Å². The van der Waals surface area contributed by atoms with E-state index < -0.39 is 0 Å². The molecule has 0 bridgehead atoms. The van der Waals surface area contributed by atoms with Gasteiger partial charge in [-0.15, -0.1) is 23.5 Å². The SMILES string of the molecule is CSC(=Nc1ccccc1)/C(=N\O)SC. The number of aliphatic imine (C=N–C) groups is 1. The zero-order valence-corrected chi connectivity index (χ0v) is 10.2. The molecule has 0 aliphatic rings. The van der Waals surface area contributed by atoms with Gasteiger partial charge in [0.2, 0.25) is 0 Å². The Morgan fingerprint density at radius 3 is 2.13 bits per heavy atom. The Hall–Kier alpha value is -0.940. The van der Waals surface area contributed by atoms with Gasteiger partial charge in [0.05, 0.1) is 5.69 Å². The summed E-state index contributed by atoms with van der Waals surface area (Å²) in [5.74, 6) is 0. The Balaban J connectivity index is 2.97. The molecule has 0 fully saturated rings. The van der Waals surface area contributed by atoms with Crippen LogP contribution in [0, 0.1) is 0 Å². The van der Waals surface area contributed by atoms with Crippen LogP contribution in [0.4, 0.5) is 5.69 Å². The number of nitrogens with zero attached hydrogens (tertiary/aromatic N) is 2. The van der Waals surface area contributed by atoms with E-state index in [-0.39, 0.29) is 0 Å². The Labute approximate surface area is 97.7 Å². The molecule has 5 heteroatoms. The molecule has 0 atom stereocenters. The summed E-state index contributed by atoms with van der Waals surface area (Å²) < 4.78 is 0. The van der Waals surface area contributed by atoms with E-state index in [4.69, 9.17) is 5.21 Å². The van der Waals surface area contributed by atoms with Crippen LogP contribution < -0.4 is 0 Å². The number of para-hydroxylation sites is 1. The van der Waals surface area contributed by atoms with Gasteiger partial charge in [0, 0.05) is 0 Å². The van der Waals surface area contributed by atoms with Crippen LogP contribution in [-0.4, -0.2) is 27.8 Å². The number of thioether (sulfide) groups is 2. The van der Waals surface area contributed by atoms with Gasteiger partial charge in [0.1, 0.15) is 5.04 Å². The molecule has 0 aliphatic heterocycles. The maximum absolute atomic E-state index is 8.78. The van der Waals surface area contributed by atoms with Crippen LogP contribution in [0.3, 0.4) is 0 Å². The smallest absolute Gasteiger partial charge is 0.167 e. The fraction of sp³-hybridized carbons (Fsp3) is 0.200. The number of hydrogen-bond acceptors (Lipinski definition) is 5. The van der Waals surface area contributed by atoms with Gasteiger partial charge in [-0.05, 0) is 24.6 Å². The summed E-state index contributed by atoms with van der Waals surface area (Å²) in [4.78, 5) is 4.39. The summed E-state index contributed by atoms with van der Waals surface area (Å²) in [6, 6.07) is 9.60. The van der Waals surface area contributed by atoms with Crippen molar-refractivity contribution in [2.24, 2.45) is 10.1 Å². The van der Waals surface area contributed by atoms with E-state index in [1.54, 1.807) is 0 Å². The molecule has 15 heavy (non-hydrogen) atoms. The third-order valence-corrected chi connectivity index (χ3v) is 3.11. The standard InChI is InChI=1S/C10H12N2OS2/c1-14-9(10(12-13)15-2)11-8-6-4-3-5-7-8/h3-7,13H,1-2H3/b11-9?,12-10+. The molecule has 0 heterocycles. The molecule has 0 spiro atoms. The van der Waals surface area contributed by atoms with Crippen molar-refractivity contribution >= 4 is 39.3 Å². The summed E-state index contributed by atoms with van der Waals surface area (Å²) in [5, 5.41) is 13.2. The van der Waals surface area contributed by atoms with E-state index in [9.17, 15) is 0 Å². The summed E-state index contributed by atoms with van der Waals surface area (Å²) in [7, 11) is 0. The van der Waals surface area contributed by atoms with Crippen LogP contribution in [0.2, 0.25) is 0 Å². The second kappa shape index (κ2) is 6.53. The van der Waals surface area contributed by atoms with E-state index in [1.807, 2.05) is 42.8 Å². The Morgan fingerprint density at radius 1 is 1.07 bits per heavy atom. The molecule has 0 saturated heterocycles. The van der Waals surface area contributed by atoms with Crippen molar-refractivity contribution in [1.29, 1.82) is 0 Å². The van der Waals surface area contributed by atoms with Crippen LogP contribution in [-0.2, 0) is 0 Å². The molecule has 3 nitrogen and oxygen atoms in total. The van der Waals surface area contributed by atoms with Crippen molar-refractivity contribution in [2.75, 3.05) is 12.5 Å². The van der Waals surface area contributed by atoms with Gasteiger partial charge >= 0.3 is 0 Å². The van der Waals surface area contributed by atoms with E-state index in [2.05, 4.69) is 10.1 Å². The van der Waals surface area contributed by atoms with Gasteiger partial charge in [-0.3, -0.25) is 0 Å². The van der Waals surface area contributed by atoms with Crippen molar-refractivity contribution in [3.8, 4) is 0 Å². The van der Waals surface area contributed by atoms with Crippen molar-refractivity contribution in [1.82, 2.24) is 0 Å². The Kier molecular flexibility index (Phi) is 5.28. The highest BCUT2D eigenvalue weighted by molar-refractivity contribution is 8.24. The summed E-state index contributed by atoms with van der Waals surface area (Å²) >= 11 is 2.83. The molecule has 0 saturated carbocycles. The van der Waals surface area contributed by atoms with Crippen molar-refractivity contribution in [3.05, 3.63) is 30.3 Å². The molecule has 1 rings (SSSR count). The third kappa shape index (κ3) is 3.60. The highest BCUT2D eigenvalue weighted by atomic mass is 32.2. The lowest BCUT2D eigenvalue weighted by Gasteiger charge is -2.02. The minimum Gasteiger partial charge on any atom is -0.410 e. The highest BCUT2D eigenvalue weighted by Gasteiger charge is 2.07. The molecule has 1 aromatic rings. The molecule has 0 aliphatic carbocycles. The van der Waals surface area contributed by atoms with E-state index >= 15 is 0 Å². The first kappa shape index (κ1) is 12.1. The third-order valence-electron chi connectivity index (χ3n) is 1.65. The van der Waals surface area contributed by atoms with E-state index in [1.165, 1.54) is 23.5 Å². The molecular formula is C10H12N2OS2. The van der Waals surface area contributed by atoms with Gasteiger partial charge in [-0.2, -0.15) is 0 Å². The highest BCUT2D eigenvalue weighted by Crippen LogP contribution is 2.17. The number of hydrogen-bond donors (Lipinski definition) is 1. The monoisotopic (exact) mass is 240 g/mol. The Morgan fingerprint density at radius 2 is 1.67 bits per heavy atom. The molecular weight excluding hydrogens is 228 g/mol. The van der Waals surface area contributed by atoms with Gasteiger partial charge in [-0.25, -0.2) is 4.99 Å². The van der Waals surface area contributed by atoms with Gasteiger partial charge in [0.15, 0.2) is 5.04 Å². The first-order chi connectivity index (χ1) is 7.31. The lowest BCUT2D eigenvalue weighted by atomic mass is 10.3. The van der Waals surface area contributed by atoms with E-state index in [0.717, 1.165) is 10.7 Å².